The highest BCUT2D eigenvalue weighted by Crippen LogP contribution is 2.39. The molecule has 1 aromatic rings. The molecule has 84 valence electrons. The van der Waals surface area contributed by atoms with Gasteiger partial charge in [0.25, 0.3) is 0 Å². The van der Waals surface area contributed by atoms with Gasteiger partial charge in [0.1, 0.15) is 0 Å². The van der Waals surface area contributed by atoms with Crippen LogP contribution in [0.15, 0.2) is 16.8 Å². The first-order chi connectivity index (χ1) is 7.07. The lowest BCUT2D eigenvalue weighted by molar-refractivity contribution is 0.157. The molecule has 1 saturated carbocycles. The van der Waals surface area contributed by atoms with Gasteiger partial charge in [-0.3, -0.25) is 0 Å². The maximum Gasteiger partial charge on any atom is 0.00707 e. The molecule has 0 bridgehead atoms. The van der Waals surface area contributed by atoms with E-state index in [2.05, 4.69) is 30.7 Å². The molecular weight excluding hydrogens is 202 g/mol. The van der Waals surface area contributed by atoms with Gasteiger partial charge in [0.15, 0.2) is 0 Å². The highest BCUT2D eigenvalue weighted by Gasteiger charge is 2.32. The van der Waals surface area contributed by atoms with Crippen molar-refractivity contribution in [2.45, 2.75) is 45.6 Å². The third kappa shape index (κ3) is 2.82. The van der Waals surface area contributed by atoms with Gasteiger partial charge in [-0.1, -0.05) is 13.8 Å². The van der Waals surface area contributed by atoms with Crippen LogP contribution in [0, 0.1) is 11.3 Å². The normalized spacial score (nSPS) is 30.3. The second-order valence-corrected chi connectivity index (χ2v) is 6.45. The van der Waals surface area contributed by atoms with Crippen LogP contribution in [0.4, 0.5) is 0 Å². The predicted molar refractivity (Wildman–Crippen MR) is 67.1 cm³/mol. The molecule has 0 saturated heterocycles. The lowest BCUT2D eigenvalue weighted by Crippen LogP contribution is -2.40. The predicted octanol–water partition coefficient (Wildman–Crippen LogP) is 3.44. The van der Waals surface area contributed by atoms with Crippen molar-refractivity contribution in [2.24, 2.45) is 17.1 Å². The van der Waals surface area contributed by atoms with Crippen LogP contribution < -0.4 is 5.73 Å². The Morgan fingerprint density at radius 2 is 2.33 bits per heavy atom. The quantitative estimate of drug-likeness (QED) is 0.816. The highest BCUT2D eigenvalue weighted by atomic mass is 32.1. The summed E-state index contributed by atoms with van der Waals surface area (Å²) in [6, 6.07) is 2.65. The summed E-state index contributed by atoms with van der Waals surface area (Å²) in [6.45, 7) is 4.75. The fraction of sp³-hybridized carbons (Fsp3) is 0.692. The van der Waals surface area contributed by atoms with Crippen LogP contribution in [-0.4, -0.2) is 6.04 Å². The molecule has 2 atom stereocenters. The van der Waals surface area contributed by atoms with Crippen LogP contribution in [0.2, 0.25) is 0 Å². The van der Waals surface area contributed by atoms with Crippen LogP contribution in [0.25, 0.3) is 0 Å². The van der Waals surface area contributed by atoms with Crippen molar-refractivity contribution in [1.82, 2.24) is 0 Å². The third-order valence-electron chi connectivity index (χ3n) is 3.65. The van der Waals surface area contributed by atoms with E-state index >= 15 is 0 Å². The Hall–Kier alpha value is -0.340. The van der Waals surface area contributed by atoms with Crippen LogP contribution in [-0.2, 0) is 6.42 Å². The first kappa shape index (κ1) is 11.2. The Bertz CT molecular complexity index is 302. The SMILES string of the molecule is CC1(C)CCC(N)C(Cc2ccsc2)C1. The Balaban J connectivity index is 2.01. The van der Waals surface area contributed by atoms with Gasteiger partial charge in [-0.05, 0) is 59.4 Å². The van der Waals surface area contributed by atoms with E-state index in [1.807, 2.05) is 0 Å². The van der Waals surface area contributed by atoms with Crippen molar-refractivity contribution in [1.29, 1.82) is 0 Å². The first-order valence-corrected chi connectivity index (χ1v) is 6.78. The van der Waals surface area contributed by atoms with Crippen molar-refractivity contribution in [2.75, 3.05) is 0 Å². The molecule has 0 spiro atoms. The highest BCUT2D eigenvalue weighted by molar-refractivity contribution is 7.07. The molecule has 1 nitrogen and oxygen atoms in total. The van der Waals surface area contributed by atoms with Crippen molar-refractivity contribution in [3.63, 3.8) is 0 Å². The van der Waals surface area contributed by atoms with Crippen LogP contribution >= 0.6 is 11.3 Å². The molecule has 1 aromatic heterocycles. The molecule has 1 aliphatic rings. The van der Waals surface area contributed by atoms with E-state index in [1.165, 1.54) is 31.2 Å². The summed E-state index contributed by atoms with van der Waals surface area (Å²) in [7, 11) is 0. The molecule has 1 fully saturated rings. The lowest BCUT2D eigenvalue weighted by atomic mass is 9.68. The van der Waals surface area contributed by atoms with Crippen LogP contribution in [0.1, 0.15) is 38.7 Å². The maximum atomic E-state index is 6.22. The largest absolute Gasteiger partial charge is 0.327 e. The number of hydrogen-bond donors (Lipinski definition) is 1. The van der Waals surface area contributed by atoms with Gasteiger partial charge < -0.3 is 5.73 Å². The minimum Gasteiger partial charge on any atom is -0.327 e. The smallest absolute Gasteiger partial charge is 0.00707 e. The summed E-state index contributed by atoms with van der Waals surface area (Å²) in [5.74, 6) is 0.684. The molecule has 2 heteroatoms. The number of nitrogens with two attached hydrogens (primary N) is 1. The van der Waals surface area contributed by atoms with E-state index in [0.29, 0.717) is 17.4 Å². The van der Waals surface area contributed by atoms with Gasteiger partial charge in [-0.2, -0.15) is 11.3 Å². The van der Waals surface area contributed by atoms with E-state index < -0.39 is 0 Å². The molecule has 1 heterocycles. The van der Waals surface area contributed by atoms with Gasteiger partial charge in [0.2, 0.25) is 0 Å². The summed E-state index contributed by atoms with van der Waals surface area (Å²) >= 11 is 1.79. The maximum absolute atomic E-state index is 6.22. The molecule has 15 heavy (non-hydrogen) atoms. The second-order valence-electron chi connectivity index (χ2n) is 5.67. The molecule has 0 aliphatic heterocycles. The fourth-order valence-electron chi connectivity index (χ4n) is 2.69. The van der Waals surface area contributed by atoms with Gasteiger partial charge in [-0.15, -0.1) is 0 Å². The third-order valence-corrected chi connectivity index (χ3v) is 4.38. The average Bonchev–Trinajstić information content (AvgIpc) is 2.64. The number of hydrogen-bond acceptors (Lipinski definition) is 2. The Morgan fingerprint density at radius 1 is 1.53 bits per heavy atom. The van der Waals surface area contributed by atoms with Crippen LogP contribution in [0.3, 0.4) is 0 Å². The lowest BCUT2D eigenvalue weighted by Gasteiger charge is -2.39. The fourth-order valence-corrected chi connectivity index (χ4v) is 3.37. The first-order valence-electron chi connectivity index (χ1n) is 5.83. The molecule has 0 radical (unpaired) electrons. The summed E-state index contributed by atoms with van der Waals surface area (Å²) in [4.78, 5) is 0. The zero-order valence-electron chi connectivity index (χ0n) is 9.70. The summed E-state index contributed by atoms with van der Waals surface area (Å²) in [6.07, 6.45) is 4.94. The van der Waals surface area contributed by atoms with E-state index in [1.54, 1.807) is 11.3 Å². The molecule has 2 unspecified atom stereocenters. The van der Waals surface area contributed by atoms with Crippen molar-refractivity contribution >= 4 is 11.3 Å². The standard InChI is InChI=1S/C13H21NS/c1-13(2)5-3-12(14)11(8-13)7-10-4-6-15-9-10/h4,6,9,11-12H,3,5,7-8,14H2,1-2H3. The minimum atomic E-state index is 0.415. The van der Waals surface area contributed by atoms with E-state index in [9.17, 15) is 0 Å². The van der Waals surface area contributed by atoms with Crippen LogP contribution in [0.5, 0.6) is 0 Å². The minimum absolute atomic E-state index is 0.415. The molecule has 0 amide bonds. The molecular formula is C13H21NS. The van der Waals surface area contributed by atoms with Crippen molar-refractivity contribution in [3.8, 4) is 0 Å². The van der Waals surface area contributed by atoms with E-state index in [-0.39, 0.29) is 0 Å². The topological polar surface area (TPSA) is 26.0 Å². The monoisotopic (exact) mass is 223 g/mol. The molecule has 2 rings (SSSR count). The van der Waals surface area contributed by atoms with Gasteiger partial charge in [0.05, 0.1) is 0 Å². The zero-order chi connectivity index (χ0) is 10.9. The molecule has 2 N–H and O–H groups in total. The Labute approximate surface area is 96.7 Å². The van der Waals surface area contributed by atoms with Gasteiger partial charge in [-0.25, -0.2) is 0 Å². The number of rotatable bonds is 2. The van der Waals surface area contributed by atoms with Gasteiger partial charge in [0, 0.05) is 6.04 Å². The van der Waals surface area contributed by atoms with E-state index in [4.69, 9.17) is 5.73 Å². The second kappa shape index (κ2) is 4.26. The Kier molecular flexibility index (Phi) is 3.17. The summed E-state index contributed by atoms with van der Waals surface area (Å²) in [5, 5.41) is 4.42. The van der Waals surface area contributed by atoms with Crippen molar-refractivity contribution in [3.05, 3.63) is 22.4 Å². The summed E-state index contributed by atoms with van der Waals surface area (Å²) in [5.41, 5.74) is 8.19. The molecule has 0 aromatic carbocycles. The van der Waals surface area contributed by atoms with Crippen molar-refractivity contribution < 1.29 is 0 Å². The molecule has 1 aliphatic carbocycles. The zero-order valence-corrected chi connectivity index (χ0v) is 10.5. The van der Waals surface area contributed by atoms with Gasteiger partial charge >= 0.3 is 0 Å². The summed E-state index contributed by atoms with van der Waals surface area (Å²) < 4.78 is 0. The Morgan fingerprint density at radius 3 is 3.00 bits per heavy atom. The average molecular weight is 223 g/mol. The van der Waals surface area contributed by atoms with E-state index in [0.717, 1.165) is 0 Å². The number of thiophene rings is 1.